The maximum absolute atomic E-state index is 12.0. The highest BCUT2D eigenvalue weighted by Gasteiger charge is 2.16. The van der Waals surface area contributed by atoms with Gasteiger partial charge in [-0.3, -0.25) is 4.79 Å². The van der Waals surface area contributed by atoms with E-state index in [-0.39, 0.29) is 16.4 Å². The smallest absolute Gasteiger partial charge is 0.232 e. The Kier molecular flexibility index (Phi) is 6.98. The Hall–Kier alpha value is -1.44. The minimum atomic E-state index is -3.51. The summed E-state index contributed by atoms with van der Waals surface area (Å²) in [6.45, 7) is 0. The van der Waals surface area contributed by atoms with E-state index < -0.39 is 7.01 Å². The molecule has 0 radical (unpaired) electrons. The maximum Gasteiger partial charge on any atom is 0.232 e. The van der Waals surface area contributed by atoms with E-state index in [9.17, 15) is 13.2 Å². The molecule has 130 valence electrons. The first kappa shape index (κ1) is 19.9. The second kappa shape index (κ2) is 8.78. The van der Waals surface area contributed by atoms with E-state index in [1.807, 2.05) is 30.3 Å². The van der Waals surface area contributed by atoms with Gasteiger partial charge in [0.15, 0.2) is 0 Å². The summed E-state index contributed by atoms with van der Waals surface area (Å²) in [5.74, 6) is -0.175. The normalized spacial score (nSPS) is 10.9. The fourth-order valence-electron chi connectivity index (χ4n) is 2.24. The number of rotatable bonds is 6. The molecule has 1 N–H and O–H groups in total. The highest BCUT2D eigenvalue weighted by Crippen LogP contribution is 2.24. The van der Waals surface area contributed by atoms with Gasteiger partial charge in [0.05, 0.1) is 31.7 Å². The number of anilines is 1. The third kappa shape index (κ3) is 6.09. The maximum atomic E-state index is 12.0. The predicted molar refractivity (Wildman–Crippen MR) is 108 cm³/mol. The zero-order chi connectivity index (χ0) is 18.4. The second-order valence-corrected chi connectivity index (χ2v) is 11.0. The lowest BCUT2D eigenvalue weighted by molar-refractivity contribution is -0.116. The summed E-state index contributed by atoms with van der Waals surface area (Å²) in [5, 5.41) is 11.8. The predicted octanol–water partition coefficient (Wildman–Crippen LogP) is 4.41. The van der Waals surface area contributed by atoms with Gasteiger partial charge in [-0.15, -0.1) is 0 Å². The van der Waals surface area contributed by atoms with Gasteiger partial charge in [0.2, 0.25) is 12.9 Å². The molecule has 2 rings (SSSR count). The van der Waals surface area contributed by atoms with Gasteiger partial charge in [0.25, 0.3) is 0 Å². The largest absolute Gasteiger partial charge is 0.326 e. The van der Waals surface area contributed by atoms with Crippen LogP contribution >= 0.6 is 37.1 Å². The molecular formula is C17H14BrIN2O3S. The molecule has 0 atom stereocenters. The molecule has 2 aromatic carbocycles. The van der Waals surface area contributed by atoms with E-state index in [1.165, 1.54) is 39.4 Å². The third-order valence-electron chi connectivity index (χ3n) is 3.43. The van der Waals surface area contributed by atoms with Crippen molar-refractivity contribution in [1.29, 1.82) is 5.26 Å². The van der Waals surface area contributed by atoms with Crippen molar-refractivity contribution >= 4 is 55.7 Å². The average molecular weight is 533 g/mol. The van der Waals surface area contributed by atoms with Crippen molar-refractivity contribution in [1.82, 2.24) is 0 Å². The molecule has 0 unspecified atom stereocenters. The van der Waals surface area contributed by atoms with Gasteiger partial charge in [-0.1, -0.05) is 28.1 Å². The van der Waals surface area contributed by atoms with E-state index >= 15 is 0 Å². The first-order valence-electron chi connectivity index (χ1n) is 7.32. The van der Waals surface area contributed by atoms with Gasteiger partial charge in [-0.25, -0.2) is 8.42 Å². The summed E-state index contributed by atoms with van der Waals surface area (Å²) >= 11 is 4.66. The Morgan fingerprint density at radius 1 is 1.20 bits per heavy atom. The van der Waals surface area contributed by atoms with Gasteiger partial charge >= 0.3 is 0 Å². The zero-order valence-corrected chi connectivity index (χ0v) is 17.6. The molecule has 25 heavy (non-hydrogen) atoms. The Morgan fingerprint density at radius 3 is 2.48 bits per heavy atom. The van der Waals surface area contributed by atoms with Crippen LogP contribution in [0.25, 0.3) is 0 Å². The average Bonchev–Trinajstić information content (AvgIpc) is 2.55. The minimum Gasteiger partial charge on any atom is -0.326 e. The van der Waals surface area contributed by atoms with Crippen molar-refractivity contribution < 1.29 is 13.2 Å². The van der Waals surface area contributed by atoms with Crippen molar-refractivity contribution in [3.05, 3.63) is 58.1 Å². The molecule has 0 saturated carbocycles. The monoisotopic (exact) mass is 532 g/mol. The van der Waals surface area contributed by atoms with Crippen LogP contribution in [0.1, 0.15) is 24.0 Å². The fraction of sp³-hybridized carbons (Fsp3) is 0.176. The topological polar surface area (TPSA) is 87.0 Å². The fourth-order valence-corrected chi connectivity index (χ4v) is 4.25. The van der Waals surface area contributed by atoms with Crippen LogP contribution in [-0.4, -0.2) is 14.3 Å². The zero-order valence-electron chi connectivity index (χ0n) is 13.0. The van der Waals surface area contributed by atoms with E-state index in [0.717, 1.165) is 16.5 Å². The van der Waals surface area contributed by atoms with Crippen LogP contribution in [-0.2, 0) is 18.2 Å². The van der Waals surface area contributed by atoms with Gasteiger partial charge in [-0.2, -0.15) is 5.26 Å². The lowest BCUT2D eigenvalue weighted by atomic mass is 10.1. The van der Waals surface area contributed by atoms with E-state index in [4.69, 9.17) is 5.26 Å². The lowest BCUT2D eigenvalue weighted by Crippen LogP contribution is -2.12. The van der Waals surface area contributed by atoms with Gasteiger partial charge in [0.1, 0.15) is 6.07 Å². The second-order valence-electron chi connectivity index (χ2n) is 5.29. The summed E-state index contributed by atoms with van der Waals surface area (Å²) in [5.41, 5.74) is 1.58. The molecule has 0 aliphatic carbocycles. The van der Waals surface area contributed by atoms with Crippen molar-refractivity contribution in [2.45, 2.75) is 24.2 Å². The SMILES string of the molecule is N#Cc1cc(NC(=O)CCCc2ccc(Br)cc2)ccc1S(=O)(=O)I. The van der Waals surface area contributed by atoms with Crippen molar-refractivity contribution in [3.63, 3.8) is 0 Å². The number of nitriles is 1. The molecule has 2 aromatic rings. The van der Waals surface area contributed by atoms with Crippen molar-refractivity contribution in [2.24, 2.45) is 0 Å². The Morgan fingerprint density at radius 2 is 1.88 bits per heavy atom. The highest BCUT2D eigenvalue weighted by atomic mass is 127. The van der Waals surface area contributed by atoms with Crippen LogP contribution in [0.15, 0.2) is 51.8 Å². The van der Waals surface area contributed by atoms with E-state index in [0.29, 0.717) is 18.5 Å². The molecule has 0 bridgehead atoms. The molecule has 8 heteroatoms. The third-order valence-corrected chi connectivity index (χ3v) is 6.26. The molecule has 1 amide bonds. The highest BCUT2D eigenvalue weighted by molar-refractivity contribution is 14.2. The molecule has 0 aliphatic rings. The number of nitrogens with zero attached hydrogens (tertiary/aromatic N) is 1. The first-order valence-corrected chi connectivity index (χ1v) is 12.1. The summed E-state index contributed by atoms with van der Waals surface area (Å²) in [4.78, 5) is 12.0. The van der Waals surface area contributed by atoms with E-state index in [2.05, 4.69) is 21.2 Å². The summed E-state index contributed by atoms with van der Waals surface area (Å²) in [6.07, 6.45) is 1.82. The van der Waals surface area contributed by atoms with Crippen molar-refractivity contribution in [2.75, 3.05) is 5.32 Å². The van der Waals surface area contributed by atoms with Gasteiger partial charge in [-0.05, 0) is 48.7 Å². The molecule has 0 saturated heterocycles. The number of carbonyl (C=O) groups excluding carboxylic acids is 1. The number of amides is 1. The van der Waals surface area contributed by atoms with Crippen LogP contribution in [0.5, 0.6) is 0 Å². The number of benzene rings is 2. The summed E-state index contributed by atoms with van der Waals surface area (Å²) < 4.78 is 24.2. The minimum absolute atomic E-state index is 0.0158. The van der Waals surface area contributed by atoms with Crippen LogP contribution in [0, 0.1) is 11.3 Å². The first-order chi connectivity index (χ1) is 11.8. The Balaban J connectivity index is 1.94. The molecule has 0 heterocycles. The van der Waals surface area contributed by atoms with Crippen LogP contribution in [0.3, 0.4) is 0 Å². The van der Waals surface area contributed by atoms with Gasteiger partial charge < -0.3 is 5.32 Å². The molecular weight excluding hydrogens is 519 g/mol. The van der Waals surface area contributed by atoms with E-state index in [1.54, 1.807) is 0 Å². The molecule has 0 fully saturated rings. The van der Waals surface area contributed by atoms with Crippen molar-refractivity contribution in [3.8, 4) is 6.07 Å². The molecule has 0 aliphatic heterocycles. The number of hydrogen-bond donors (Lipinski definition) is 1. The summed E-state index contributed by atoms with van der Waals surface area (Å²) in [7, 11) is -3.51. The van der Waals surface area contributed by atoms with Gasteiger partial charge in [0, 0.05) is 16.6 Å². The number of halogens is 2. The lowest BCUT2D eigenvalue weighted by Gasteiger charge is -2.07. The van der Waals surface area contributed by atoms with Crippen LogP contribution < -0.4 is 5.32 Å². The Bertz CT molecular complexity index is 922. The van der Waals surface area contributed by atoms with Crippen LogP contribution in [0.4, 0.5) is 5.69 Å². The molecule has 5 nitrogen and oxygen atoms in total. The Labute approximate surface area is 167 Å². The number of nitrogens with one attached hydrogen (secondary N) is 1. The number of carbonyl (C=O) groups is 1. The quantitative estimate of drug-likeness (QED) is 0.441. The number of hydrogen-bond acceptors (Lipinski definition) is 4. The molecule has 0 spiro atoms. The standard InChI is InChI=1S/C17H14BrIN2O3S/c18-14-6-4-12(5-7-14)2-1-3-17(22)21-15-8-9-16(25(19,23)24)13(10-15)11-20/h4-10H,1-3H2,(H,21,22). The number of aryl methyl sites for hydroxylation is 1. The van der Waals surface area contributed by atoms with Crippen LogP contribution in [0.2, 0.25) is 0 Å². The molecule has 0 aromatic heterocycles. The summed E-state index contributed by atoms with van der Waals surface area (Å²) in [6, 6.07) is 14.0.